The summed E-state index contributed by atoms with van der Waals surface area (Å²) in [6, 6.07) is -0.937. The summed E-state index contributed by atoms with van der Waals surface area (Å²) < 4.78 is 15.9. The normalized spacial score (nSPS) is 32.9. The zero-order chi connectivity index (χ0) is 15.8. The first-order valence-electron chi connectivity index (χ1n) is 6.66. The third-order valence-electron chi connectivity index (χ3n) is 2.98. The van der Waals surface area contributed by atoms with Gasteiger partial charge in [0.15, 0.2) is 6.29 Å². The summed E-state index contributed by atoms with van der Waals surface area (Å²) in [6.45, 7) is 1.60. The number of aliphatic hydroxyl groups is 3. The van der Waals surface area contributed by atoms with Crippen LogP contribution < -0.4 is 5.32 Å². The molecule has 0 saturated carbocycles. The van der Waals surface area contributed by atoms with E-state index >= 15 is 0 Å². The van der Waals surface area contributed by atoms with Gasteiger partial charge in [-0.05, 0) is 0 Å². The maximum Gasteiger partial charge on any atom is 0.217 e. The fraction of sp³-hybridized carbons (Fsp3) is 0.917. The van der Waals surface area contributed by atoms with Gasteiger partial charge in [0.25, 0.3) is 0 Å². The molecule has 21 heavy (non-hydrogen) atoms. The molecule has 1 rings (SSSR count). The number of rotatable bonds is 8. The highest BCUT2D eigenvalue weighted by molar-refractivity contribution is 6.17. The van der Waals surface area contributed by atoms with Gasteiger partial charge in [-0.2, -0.15) is 0 Å². The van der Waals surface area contributed by atoms with E-state index in [1.165, 1.54) is 6.92 Å². The summed E-state index contributed by atoms with van der Waals surface area (Å²) in [7, 11) is 0. The molecule has 0 radical (unpaired) electrons. The van der Waals surface area contributed by atoms with Gasteiger partial charge in [-0.25, -0.2) is 0 Å². The number of hydrogen-bond acceptors (Lipinski definition) is 7. The number of hydrogen-bond donors (Lipinski definition) is 4. The molecule has 8 nitrogen and oxygen atoms in total. The summed E-state index contributed by atoms with van der Waals surface area (Å²) in [5, 5.41) is 31.4. The van der Waals surface area contributed by atoms with E-state index in [1.807, 2.05) is 0 Å². The van der Waals surface area contributed by atoms with Gasteiger partial charge in [0.1, 0.15) is 24.4 Å². The molecule has 0 aliphatic carbocycles. The third-order valence-corrected chi connectivity index (χ3v) is 3.14. The van der Waals surface area contributed by atoms with Crippen molar-refractivity contribution in [1.82, 2.24) is 5.32 Å². The van der Waals surface area contributed by atoms with Crippen molar-refractivity contribution in [2.45, 2.75) is 37.6 Å². The third kappa shape index (κ3) is 5.67. The van der Waals surface area contributed by atoms with Crippen LogP contribution in [0.3, 0.4) is 0 Å². The highest BCUT2D eigenvalue weighted by atomic mass is 35.5. The van der Waals surface area contributed by atoms with E-state index < -0.39 is 43.2 Å². The van der Waals surface area contributed by atoms with Crippen LogP contribution in [0.15, 0.2) is 0 Å². The van der Waals surface area contributed by atoms with Crippen LogP contribution in [0, 0.1) is 0 Å². The van der Waals surface area contributed by atoms with Gasteiger partial charge in [-0.3, -0.25) is 4.79 Å². The van der Waals surface area contributed by atoms with Crippen molar-refractivity contribution in [2.24, 2.45) is 0 Å². The Kier molecular flexibility index (Phi) is 8.42. The van der Waals surface area contributed by atoms with Crippen LogP contribution in [0.4, 0.5) is 0 Å². The summed E-state index contributed by atoms with van der Waals surface area (Å²) in [4.78, 5) is 11.2. The molecule has 1 heterocycles. The number of nitrogens with one attached hydrogen (secondary N) is 1. The SMILES string of the molecule is CC(=O)N[C@@H]1[C@H](OCCOCCCl)O[C@H](CO)[C@H](O)[C@H]1O. The van der Waals surface area contributed by atoms with Crippen LogP contribution in [-0.2, 0) is 19.0 Å². The molecule has 0 aromatic rings. The molecule has 1 fully saturated rings. The van der Waals surface area contributed by atoms with Crippen LogP contribution in [0.25, 0.3) is 0 Å². The first-order valence-corrected chi connectivity index (χ1v) is 7.19. The topological polar surface area (TPSA) is 117 Å². The predicted molar refractivity (Wildman–Crippen MR) is 72.9 cm³/mol. The second-order valence-corrected chi connectivity index (χ2v) is 4.98. The second kappa shape index (κ2) is 9.52. The molecule has 9 heteroatoms. The van der Waals surface area contributed by atoms with E-state index in [2.05, 4.69) is 5.32 Å². The van der Waals surface area contributed by atoms with Crippen molar-refractivity contribution in [3.63, 3.8) is 0 Å². The van der Waals surface area contributed by atoms with Crippen LogP contribution in [-0.4, -0.2) is 84.2 Å². The lowest BCUT2D eigenvalue weighted by Gasteiger charge is -2.42. The van der Waals surface area contributed by atoms with E-state index in [4.69, 9.17) is 30.9 Å². The van der Waals surface area contributed by atoms with Crippen molar-refractivity contribution in [1.29, 1.82) is 0 Å². The molecular formula is C12H22ClNO7. The first-order chi connectivity index (χ1) is 10.0. The largest absolute Gasteiger partial charge is 0.394 e. The number of amides is 1. The number of alkyl halides is 1. The van der Waals surface area contributed by atoms with E-state index in [9.17, 15) is 15.0 Å². The molecule has 5 atom stereocenters. The van der Waals surface area contributed by atoms with Gasteiger partial charge in [0.2, 0.25) is 5.91 Å². The molecule has 124 valence electrons. The number of halogens is 1. The Balaban J connectivity index is 2.58. The highest BCUT2D eigenvalue weighted by Gasteiger charge is 2.45. The molecule has 0 bridgehead atoms. The van der Waals surface area contributed by atoms with Crippen molar-refractivity contribution in [3.05, 3.63) is 0 Å². The number of carbonyl (C=O) groups is 1. The van der Waals surface area contributed by atoms with Crippen molar-refractivity contribution >= 4 is 17.5 Å². The number of carbonyl (C=O) groups excluding carboxylic acids is 1. The Hall–Kier alpha value is -0.480. The molecule has 1 saturated heterocycles. The van der Waals surface area contributed by atoms with E-state index in [0.29, 0.717) is 12.5 Å². The summed E-state index contributed by atoms with van der Waals surface area (Å²) in [5.74, 6) is -0.0318. The maximum atomic E-state index is 11.2. The van der Waals surface area contributed by atoms with Crippen LogP contribution in [0.1, 0.15) is 6.92 Å². The Labute approximate surface area is 127 Å². The monoisotopic (exact) mass is 327 g/mol. The molecular weight excluding hydrogens is 306 g/mol. The Morgan fingerprint density at radius 3 is 2.57 bits per heavy atom. The standard InChI is InChI=1S/C12H22ClNO7/c1-7(16)14-9-11(18)10(17)8(6-15)21-12(9)20-5-4-19-3-2-13/h8-12,15,17-18H,2-6H2,1H3,(H,14,16)/t8-,9+,10+,11+,12-/m1/s1. The lowest BCUT2D eigenvalue weighted by molar-refractivity contribution is -0.271. The molecule has 1 aliphatic heterocycles. The lowest BCUT2D eigenvalue weighted by atomic mass is 9.97. The summed E-state index contributed by atoms with van der Waals surface area (Å²) >= 11 is 5.46. The zero-order valence-corrected chi connectivity index (χ0v) is 12.5. The van der Waals surface area contributed by atoms with Gasteiger partial charge in [0.05, 0.1) is 26.4 Å². The van der Waals surface area contributed by atoms with Crippen molar-refractivity contribution in [3.8, 4) is 0 Å². The van der Waals surface area contributed by atoms with Crippen molar-refractivity contribution in [2.75, 3.05) is 32.3 Å². The van der Waals surface area contributed by atoms with Crippen LogP contribution >= 0.6 is 11.6 Å². The average Bonchev–Trinajstić information content (AvgIpc) is 2.45. The van der Waals surface area contributed by atoms with Gasteiger partial charge >= 0.3 is 0 Å². The van der Waals surface area contributed by atoms with Crippen LogP contribution in [0.5, 0.6) is 0 Å². The molecule has 1 aliphatic rings. The summed E-state index contributed by atoms with van der Waals surface area (Å²) in [5.41, 5.74) is 0. The fourth-order valence-electron chi connectivity index (χ4n) is 1.99. The maximum absolute atomic E-state index is 11.2. The first kappa shape index (κ1) is 18.6. The summed E-state index contributed by atoms with van der Waals surface area (Å²) in [6.07, 6.45) is -4.62. The molecule has 0 spiro atoms. The molecule has 1 amide bonds. The smallest absolute Gasteiger partial charge is 0.217 e. The van der Waals surface area contributed by atoms with E-state index in [-0.39, 0.29) is 13.2 Å². The minimum atomic E-state index is -1.32. The quantitative estimate of drug-likeness (QED) is 0.307. The van der Waals surface area contributed by atoms with E-state index in [0.717, 1.165) is 0 Å². The Morgan fingerprint density at radius 1 is 1.29 bits per heavy atom. The van der Waals surface area contributed by atoms with Crippen LogP contribution in [0.2, 0.25) is 0 Å². The van der Waals surface area contributed by atoms with Crippen molar-refractivity contribution < 1.29 is 34.3 Å². The average molecular weight is 328 g/mol. The minimum absolute atomic E-state index is 0.151. The lowest BCUT2D eigenvalue weighted by Crippen LogP contribution is -2.64. The van der Waals surface area contributed by atoms with Gasteiger partial charge in [-0.1, -0.05) is 0 Å². The predicted octanol–water partition coefficient (Wildman–Crippen LogP) is -1.80. The van der Waals surface area contributed by atoms with Gasteiger partial charge in [-0.15, -0.1) is 11.6 Å². The molecule has 0 aromatic heterocycles. The number of ether oxygens (including phenoxy) is 3. The Morgan fingerprint density at radius 2 is 2.00 bits per heavy atom. The molecule has 4 N–H and O–H groups in total. The second-order valence-electron chi connectivity index (χ2n) is 4.61. The number of aliphatic hydroxyl groups excluding tert-OH is 3. The Bertz CT molecular complexity index is 320. The zero-order valence-electron chi connectivity index (χ0n) is 11.8. The fourth-order valence-corrected chi connectivity index (χ4v) is 2.10. The van der Waals surface area contributed by atoms with Gasteiger partial charge in [0, 0.05) is 12.8 Å². The van der Waals surface area contributed by atoms with Gasteiger partial charge < -0.3 is 34.8 Å². The molecule has 0 unspecified atom stereocenters. The molecule has 0 aromatic carbocycles. The minimum Gasteiger partial charge on any atom is -0.394 e. The van der Waals surface area contributed by atoms with E-state index in [1.54, 1.807) is 0 Å². The highest BCUT2D eigenvalue weighted by Crippen LogP contribution is 2.22.